The fraction of sp³-hybridized carbons (Fsp3) is 0.412. The summed E-state index contributed by atoms with van der Waals surface area (Å²) < 4.78 is 10.4. The van der Waals surface area contributed by atoms with E-state index in [2.05, 4.69) is 15.8 Å². The van der Waals surface area contributed by atoms with Gasteiger partial charge in [-0.15, -0.1) is 0 Å². The largest absolute Gasteiger partial charge is 0.495 e. The van der Waals surface area contributed by atoms with E-state index >= 15 is 0 Å². The van der Waals surface area contributed by atoms with Gasteiger partial charge in [0.05, 0.1) is 25.0 Å². The summed E-state index contributed by atoms with van der Waals surface area (Å²) in [5, 5.41) is 9.72. The highest BCUT2D eigenvalue weighted by Crippen LogP contribution is 2.25. The van der Waals surface area contributed by atoms with Crippen LogP contribution in [0.2, 0.25) is 0 Å². The molecule has 1 aromatic heterocycles. The van der Waals surface area contributed by atoms with Gasteiger partial charge in [0.15, 0.2) is 0 Å². The Bertz CT molecular complexity index is 687. The van der Waals surface area contributed by atoms with Crippen LogP contribution in [0.15, 0.2) is 28.8 Å². The number of rotatable bonds is 5. The number of nitrogens with one attached hydrogen (secondary N) is 2. The van der Waals surface area contributed by atoms with Crippen LogP contribution < -0.4 is 15.4 Å². The molecule has 0 bridgehead atoms. The summed E-state index contributed by atoms with van der Waals surface area (Å²) in [4.78, 5) is 12.0. The average Bonchev–Trinajstić information content (AvgIpc) is 2.94. The van der Waals surface area contributed by atoms with Gasteiger partial charge in [-0.3, -0.25) is 10.1 Å². The van der Waals surface area contributed by atoms with Crippen LogP contribution in [0.5, 0.6) is 5.75 Å². The van der Waals surface area contributed by atoms with Gasteiger partial charge in [-0.2, -0.15) is 0 Å². The minimum absolute atomic E-state index is 0.103. The number of methoxy groups -OCH3 is 1. The second-order valence-corrected chi connectivity index (χ2v) is 6.43. The van der Waals surface area contributed by atoms with E-state index in [-0.39, 0.29) is 17.9 Å². The average molecular weight is 317 g/mol. The molecule has 2 aromatic rings. The first-order valence-corrected chi connectivity index (χ1v) is 7.45. The van der Waals surface area contributed by atoms with Crippen molar-refractivity contribution in [2.24, 2.45) is 0 Å². The lowest BCUT2D eigenvalue weighted by Crippen LogP contribution is -2.21. The number of carbonyl (C=O) groups is 1. The van der Waals surface area contributed by atoms with Gasteiger partial charge < -0.3 is 14.6 Å². The van der Waals surface area contributed by atoms with Gasteiger partial charge in [0, 0.05) is 11.5 Å². The van der Waals surface area contributed by atoms with Crippen molar-refractivity contribution in [1.82, 2.24) is 5.16 Å². The van der Waals surface area contributed by atoms with Crippen LogP contribution in [-0.2, 0) is 10.2 Å². The highest BCUT2D eigenvalue weighted by Gasteiger charge is 2.19. The zero-order chi connectivity index (χ0) is 17.0. The van der Waals surface area contributed by atoms with Gasteiger partial charge in [-0.1, -0.05) is 32.0 Å². The third-order valence-corrected chi connectivity index (χ3v) is 3.34. The summed E-state index contributed by atoms with van der Waals surface area (Å²) in [6, 6.07) is 7.48. The normalized spacial score (nSPS) is 11.2. The maximum Gasteiger partial charge on any atom is 0.246 e. The summed E-state index contributed by atoms with van der Waals surface area (Å²) >= 11 is 0. The molecule has 6 heteroatoms. The summed E-state index contributed by atoms with van der Waals surface area (Å²) in [5.74, 6) is 0.821. The third kappa shape index (κ3) is 4.48. The molecule has 124 valence electrons. The first kappa shape index (κ1) is 16.9. The van der Waals surface area contributed by atoms with Crippen molar-refractivity contribution in [3.63, 3.8) is 0 Å². The monoisotopic (exact) mass is 317 g/mol. The molecule has 0 aliphatic heterocycles. The number of nitrogens with zero attached hydrogens (tertiary/aromatic N) is 1. The van der Waals surface area contributed by atoms with Gasteiger partial charge in [0.2, 0.25) is 11.8 Å². The number of hydrogen-bond donors (Lipinski definition) is 2. The van der Waals surface area contributed by atoms with Crippen molar-refractivity contribution >= 4 is 17.5 Å². The topological polar surface area (TPSA) is 76.4 Å². The molecule has 0 saturated heterocycles. The van der Waals surface area contributed by atoms with Crippen molar-refractivity contribution < 1.29 is 14.1 Å². The fourth-order valence-electron chi connectivity index (χ4n) is 2.00. The molecule has 0 radical (unpaired) electrons. The zero-order valence-corrected chi connectivity index (χ0v) is 14.2. The van der Waals surface area contributed by atoms with Crippen LogP contribution in [0.4, 0.5) is 11.6 Å². The molecule has 0 atom stereocenters. The van der Waals surface area contributed by atoms with Crippen LogP contribution in [0.25, 0.3) is 0 Å². The minimum atomic E-state index is -0.217. The molecule has 0 aliphatic rings. The summed E-state index contributed by atoms with van der Waals surface area (Å²) in [6.45, 7) is 8.17. The number of ether oxygens (including phenoxy) is 1. The van der Waals surface area contributed by atoms with Crippen molar-refractivity contribution in [3.8, 4) is 5.75 Å². The molecule has 1 aromatic carbocycles. The van der Waals surface area contributed by atoms with Crippen LogP contribution in [-0.4, -0.2) is 24.7 Å². The van der Waals surface area contributed by atoms with E-state index in [0.29, 0.717) is 11.6 Å². The van der Waals surface area contributed by atoms with Crippen LogP contribution in [0.1, 0.15) is 32.0 Å². The molecular weight excluding hydrogens is 294 g/mol. The van der Waals surface area contributed by atoms with Crippen molar-refractivity contribution in [3.05, 3.63) is 35.5 Å². The lowest BCUT2D eigenvalue weighted by Gasteiger charge is -2.12. The molecule has 1 heterocycles. The number of aryl methyl sites for hydroxylation is 1. The number of aromatic nitrogens is 1. The van der Waals surface area contributed by atoms with E-state index < -0.39 is 0 Å². The molecule has 0 aliphatic carbocycles. The maximum atomic E-state index is 12.0. The van der Waals surface area contributed by atoms with E-state index in [0.717, 1.165) is 16.9 Å². The fourth-order valence-corrected chi connectivity index (χ4v) is 2.00. The Morgan fingerprint density at radius 2 is 2.04 bits per heavy atom. The molecule has 1 amide bonds. The molecule has 2 N–H and O–H groups in total. The van der Waals surface area contributed by atoms with E-state index in [1.807, 2.05) is 45.9 Å². The highest BCUT2D eigenvalue weighted by molar-refractivity contribution is 5.92. The number of amides is 1. The standard InChI is InChI=1S/C17H23N3O3/c1-11-6-7-13(22-5)12(8-11)18-10-15(21)19-16-9-14(20-23-16)17(2,3)4/h6-9,18H,10H2,1-5H3,(H,19,21). The van der Waals surface area contributed by atoms with Crippen molar-refractivity contribution in [1.29, 1.82) is 0 Å². The summed E-state index contributed by atoms with van der Waals surface area (Å²) in [7, 11) is 1.60. The molecular formula is C17H23N3O3. The van der Waals surface area contributed by atoms with E-state index in [1.165, 1.54) is 0 Å². The number of benzene rings is 1. The smallest absolute Gasteiger partial charge is 0.246 e. The lowest BCUT2D eigenvalue weighted by molar-refractivity contribution is -0.114. The Morgan fingerprint density at radius 1 is 1.30 bits per heavy atom. The number of carbonyl (C=O) groups excluding carboxylic acids is 1. The van der Waals surface area contributed by atoms with Gasteiger partial charge in [-0.25, -0.2) is 0 Å². The molecule has 0 unspecified atom stereocenters. The van der Waals surface area contributed by atoms with Crippen molar-refractivity contribution in [2.75, 3.05) is 24.3 Å². The second-order valence-electron chi connectivity index (χ2n) is 6.43. The van der Waals surface area contributed by atoms with Crippen LogP contribution in [0, 0.1) is 6.92 Å². The van der Waals surface area contributed by atoms with Crippen molar-refractivity contribution in [2.45, 2.75) is 33.1 Å². The Kier molecular flexibility index (Phi) is 4.93. The third-order valence-electron chi connectivity index (χ3n) is 3.34. The predicted octanol–water partition coefficient (Wildman–Crippen LogP) is 3.34. The van der Waals surface area contributed by atoms with Gasteiger partial charge in [0.1, 0.15) is 5.75 Å². The SMILES string of the molecule is COc1ccc(C)cc1NCC(=O)Nc1cc(C(C)(C)C)no1. The van der Waals surface area contributed by atoms with E-state index in [9.17, 15) is 4.79 Å². The van der Waals surface area contributed by atoms with E-state index in [1.54, 1.807) is 13.2 Å². The summed E-state index contributed by atoms with van der Waals surface area (Å²) in [5.41, 5.74) is 2.52. The molecule has 0 spiro atoms. The molecule has 0 fully saturated rings. The lowest BCUT2D eigenvalue weighted by atomic mass is 9.92. The molecule has 0 saturated carbocycles. The number of hydrogen-bond acceptors (Lipinski definition) is 5. The van der Waals surface area contributed by atoms with E-state index in [4.69, 9.17) is 9.26 Å². The first-order valence-electron chi connectivity index (χ1n) is 7.45. The van der Waals surface area contributed by atoms with Crippen LogP contribution in [0.3, 0.4) is 0 Å². The Hall–Kier alpha value is -2.50. The molecule has 6 nitrogen and oxygen atoms in total. The van der Waals surface area contributed by atoms with Gasteiger partial charge in [-0.05, 0) is 24.6 Å². The molecule has 23 heavy (non-hydrogen) atoms. The minimum Gasteiger partial charge on any atom is -0.495 e. The predicted molar refractivity (Wildman–Crippen MR) is 90.1 cm³/mol. The van der Waals surface area contributed by atoms with Gasteiger partial charge >= 0.3 is 0 Å². The summed E-state index contributed by atoms with van der Waals surface area (Å²) in [6.07, 6.45) is 0. The Labute approximate surface area is 136 Å². The highest BCUT2D eigenvalue weighted by atomic mass is 16.5. The molecule has 2 rings (SSSR count). The second kappa shape index (κ2) is 6.73. The Balaban J connectivity index is 1.95. The quantitative estimate of drug-likeness (QED) is 0.884. The Morgan fingerprint density at radius 3 is 2.65 bits per heavy atom. The van der Waals surface area contributed by atoms with Gasteiger partial charge in [0.25, 0.3) is 0 Å². The van der Waals surface area contributed by atoms with Crippen LogP contribution >= 0.6 is 0 Å². The number of anilines is 2. The maximum absolute atomic E-state index is 12.0. The zero-order valence-electron chi connectivity index (χ0n) is 14.2. The first-order chi connectivity index (χ1) is 10.8.